The Hall–Kier alpha value is -0.690. The molecule has 82 valence electrons. The number of carboxylic acids is 1. The Kier molecular flexibility index (Phi) is 3.10. The highest BCUT2D eigenvalue weighted by Gasteiger charge is 2.38. The van der Waals surface area contributed by atoms with Gasteiger partial charge in [-0.2, -0.15) is 4.31 Å². The zero-order chi connectivity index (χ0) is 10.9. The van der Waals surface area contributed by atoms with E-state index >= 15 is 0 Å². The largest absolute Gasteiger partial charge is 0.480 e. The highest BCUT2D eigenvalue weighted by molar-refractivity contribution is 7.90. The standard InChI is InChI=1S/C7H12FNO4S/c1-5(7(10)11)14(12,13)9-3-2-6(8)4-9/h5-6H,2-4H2,1H3,(H,10,11). The molecule has 5 nitrogen and oxygen atoms in total. The van der Waals surface area contributed by atoms with Crippen LogP contribution in [-0.4, -0.2) is 48.3 Å². The molecule has 0 spiro atoms. The minimum atomic E-state index is -3.88. The zero-order valence-electron chi connectivity index (χ0n) is 7.68. The molecule has 0 aromatic carbocycles. The van der Waals surface area contributed by atoms with Crippen LogP contribution in [0.2, 0.25) is 0 Å². The topological polar surface area (TPSA) is 74.7 Å². The first kappa shape index (κ1) is 11.4. The SMILES string of the molecule is CC(C(=O)O)S(=O)(=O)N1CCC(F)C1. The average molecular weight is 225 g/mol. The van der Waals surface area contributed by atoms with Crippen LogP contribution in [0.1, 0.15) is 13.3 Å². The van der Waals surface area contributed by atoms with Crippen LogP contribution >= 0.6 is 0 Å². The van der Waals surface area contributed by atoms with E-state index in [-0.39, 0.29) is 19.5 Å². The van der Waals surface area contributed by atoms with Gasteiger partial charge in [-0.15, -0.1) is 0 Å². The molecule has 2 unspecified atom stereocenters. The van der Waals surface area contributed by atoms with Crippen LogP contribution in [0.25, 0.3) is 0 Å². The summed E-state index contributed by atoms with van der Waals surface area (Å²) in [7, 11) is -3.88. The lowest BCUT2D eigenvalue weighted by Crippen LogP contribution is -2.40. The van der Waals surface area contributed by atoms with Crippen LogP contribution in [-0.2, 0) is 14.8 Å². The lowest BCUT2D eigenvalue weighted by atomic mass is 10.4. The van der Waals surface area contributed by atoms with E-state index < -0.39 is 27.4 Å². The van der Waals surface area contributed by atoms with Gasteiger partial charge in [-0.3, -0.25) is 4.79 Å². The van der Waals surface area contributed by atoms with Crippen LogP contribution in [0, 0.1) is 0 Å². The predicted octanol–water partition coefficient (Wildman–Crippen LogP) is -0.167. The van der Waals surface area contributed by atoms with E-state index in [2.05, 4.69) is 0 Å². The minimum Gasteiger partial charge on any atom is -0.480 e. The van der Waals surface area contributed by atoms with Gasteiger partial charge in [0.25, 0.3) is 0 Å². The molecule has 0 aromatic heterocycles. The van der Waals surface area contributed by atoms with Gasteiger partial charge in [-0.25, -0.2) is 12.8 Å². The van der Waals surface area contributed by atoms with Crippen LogP contribution in [0.5, 0.6) is 0 Å². The average Bonchev–Trinajstić information content (AvgIpc) is 2.50. The molecule has 1 N–H and O–H groups in total. The molecule has 0 amide bonds. The molecule has 1 saturated heterocycles. The van der Waals surface area contributed by atoms with Crippen molar-refractivity contribution in [3.8, 4) is 0 Å². The van der Waals surface area contributed by atoms with Gasteiger partial charge in [-0.05, 0) is 13.3 Å². The summed E-state index contributed by atoms with van der Waals surface area (Å²) in [4.78, 5) is 10.5. The smallest absolute Gasteiger partial charge is 0.323 e. The van der Waals surface area contributed by atoms with Gasteiger partial charge in [-0.1, -0.05) is 0 Å². The molecule has 14 heavy (non-hydrogen) atoms. The molecule has 1 rings (SSSR count). The van der Waals surface area contributed by atoms with Crippen LogP contribution < -0.4 is 0 Å². The molecule has 0 radical (unpaired) electrons. The number of alkyl halides is 1. The lowest BCUT2D eigenvalue weighted by molar-refractivity contribution is -0.136. The highest BCUT2D eigenvalue weighted by Crippen LogP contribution is 2.19. The van der Waals surface area contributed by atoms with E-state index in [9.17, 15) is 17.6 Å². The number of halogens is 1. The van der Waals surface area contributed by atoms with Crippen molar-refractivity contribution in [1.82, 2.24) is 4.31 Å². The van der Waals surface area contributed by atoms with Crippen LogP contribution in [0.4, 0.5) is 4.39 Å². The summed E-state index contributed by atoms with van der Waals surface area (Å²) in [6, 6.07) is 0. The molecule has 2 atom stereocenters. The third-order valence-electron chi connectivity index (χ3n) is 2.25. The van der Waals surface area contributed by atoms with Crippen molar-refractivity contribution in [3.05, 3.63) is 0 Å². The summed E-state index contributed by atoms with van der Waals surface area (Å²) in [6.45, 7) is 0.935. The third-order valence-corrected chi connectivity index (χ3v) is 4.39. The summed E-state index contributed by atoms with van der Waals surface area (Å²) in [5.41, 5.74) is 0. The molecule has 1 heterocycles. The molecule has 0 bridgehead atoms. The van der Waals surface area contributed by atoms with Crippen molar-refractivity contribution >= 4 is 16.0 Å². The number of sulfonamides is 1. The van der Waals surface area contributed by atoms with E-state index in [1.807, 2.05) is 0 Å². The molecular formula is C7H12FNO4S. The van der Waals surface area contributed by atoms with E-state index in [4.69, 9.17) is 5.11 Å². The van der Waals surface area contributed by atoms with E-state index in [0.29, 0.717) is 0 Å². The summed E-state index contributed by atoms with van der Waals surface area (Å²) < 4.78 is 36.6. The molecule has 7 heteroatoms. The number of rotatable bonds is 3. The molecule has 1 aliphatic rings. The number of nitrogens with zero attached hydrogens (tertiary/aromatic N) is 1. The van der Waals surface area contributed by atoms with Crippen molar-refractivity contribution in [1.29, 1.82) is 0 Å². The summed E-state index contributed by atoms with van der Waals surface area (Å²) >= 11 is 0. The lowest BCUT2D eigenvalue weighted by Gasteiger charge is -2.17. The number of aliphatic carboxylic acids is 1. The molecule has 0 saturated carbocycles. The maximum absolute atomic E-state index is 12.7. The normalized spacial score (nSPS) is 26.3. The maximum Gasteiger partial charge on any atom is 0.323 e. The Balaban J connectivity index is 2.81. The van der Waals surface area contributed by atoms with Crippen molar-refractivity contribution in [2.75, 3.05) is 13.1 Å². The molecule has 1 fully saturated rings. The summed E-state index contributed by atoms with van der Waals surface area (Å²) in [5, 5.41) is 7.04. The zero-order valence-corrected chi connectivity index (χ0v) is 8.50. The molecule has 0 aromatic rings. The van der Waals surface area contributed by atoms with Gasteiger partial charge in [0.05, 0.1) is 0 Å². The minimum absolute atomic E-state index is 0.0706. The second-order valence-electron chi connectivity index (χ2n) is 3.27. The number of carbonyl (C=O) groups is 1. The van der Waals surface area contributed by atoms with Gasteiger partial charge in [0, 0.05) is 13.1 Å². The Morgan fingerprint density at radius 2 is 2.21 bits per heavy atom. The second-order valence-corrected chi connectivity index (χ2v) is 5.52. The summed E-state index contributed by atoms with van der Waals surface area (Å²) in [6.07, 6.45) is -1.03. The Labute approximate surface area is 81.6 Å². The predicted molar refractivity (Wildman–Crippen MR) is 47.1 cm³/mol. The molecule has 1 aliphatic heterocycles. The van der Waals surface area contributed by atoms with Crippen LogP contribution in [0.3, 0.4) is 0 Å². The fourth-order valence-electron chi connectivity index (χ4n) is 1.27. The summed E-state index contributed by atoms with van der Waals surface area (Å²) in [5.74, 6) is -1.41. The van der Waals surface area contributed by atoms with Gasteiger partial charge < -0.3 is 5.11 Å². The first-order valence-electron chi connectivity index (χ1n) is 4.21. The Morgan fingerprint density at radius 3 is 2.57 bits per heavy atom. The van der Waals surface area contributed by atoms with E-state index in [0.717, 1.165) is 11.2 Å². The first-order chi connectivity index (χ1) is 6.35. The Bertz CT molecular complexity index is 329. The quantitative estimate of drug-likeness (QED) is 0.723. The van der Waals surface area contributed by atoms with Gasteiger partial charge in [0.2, 0.25) is 10.0 Å². The monoisotopic (exact) mass is 225 g/mol. The van der Waals surface area contributed by atoms with Crippen molar-refractivity contribution in [2.45, 2.75) is 24.8 Å². The highest BCUT2D eigenvalue weighted by atomic mass is 32.2. The third kappa shape index (κ3) is 2.03. The van der Waals surface area contributed by atoms with Crippen molar-refractivity contribution < 1.29 is 22.7 Å². The Morgan fingerprint density at radius 1 is 1.64 bits per heavy atom. The fourth-order valence-corrected chi connectivity index (χ4v) is 2.70. The number of carboxylic acid groups (broad SMARTS) is 1. The van der Waals surface area contributed by atoms with Crippen molar-refractivity contribution in [3.63, 3.8) is 0 Å². The van der Waals surface area contributed by atoms with Gasteiger partial charge >= 0.3 is 5.97 Å². The van der Waals surface area contributed by atoms with E-state index in [1.165, 1.54) is 0 Å². The number of hydrogen-bond donors (Lipinski definition) is 1. The molecule has 0 aliphatic carbocycles. The fraction of sp³-hybridized carbons (Fsp3) is 0.857. The van der Waals surface area contributed by atoms with Crippen molar-refractivity contribution in [2.24, 2.45) is 0 Å². The second kappa shape index (κ2) is 3.82. The van der Waals surface area contributed by atoms with Crippen LogP contribution in [0.15, 0.2) is 0 Å². The number of hydrogen-bond acceptors (Lipinski definition) is 3. The van der Waals surface area contributed by atoms with Gasteiger partial charge in [0.1, 0.15) is 6.17 Å². The first-order valence-corrected chi connectivity index (χ1v) is 5.72. The maximum atomic E-state index is 12.7. The van der Waals surface area contributed by atoms with Gasteiger partial charge in [0.15, 0.2) is 5.25 Å². The molecular weight excluding hydrogens is 213 g/mol. The van der Waals surface area contributed by atoms with E-state index in [1.54, 1.807) is 0 Å².